The number of anilines is 1. The molecule has 0 saturated heterocycles. The highest BCUT2D eigenvalue weighted by molar-refractivity contribution is 5.91. The molecule has 2 aromatic rings. The first-order valence-corrected chi connectivity index (χ1v) is 6.69. The number of nitrogens with one attached hydrogen (secondary N) is 1. The van der Waals surface area contributed by atoms with Crippen LogP contribution in [0.1, 0.15) is 12.1 Å². The lowest BCUT2D eigenvalue weighted by atomic mass is 10.1. The Kier molecular flexibility index (Phi) is 5.03. The summed E-state index contributed by atoms with van der Waals surface area (Å²) in [5.41, 5.74) is 1.27. The standard InChI is InChI=1S/C15H18F2N2O2/c1-9-7-13(18-6-5-10(20)8-21-2)11-3-4-12(16)14(17)15(11)19-9/h3-4,7,10,20H,5-6,8H2,1-2H3,(H,18,19)/t10-/m1/s1. The fraction of sp³-hybridized carbons (Fsp3) is 0.400. The number of methoxy groups -OCH3 is 1. The number of benzene rings is 1. The average Bonchev–Trinajstić information content (AvgIpc) is 2.43. The van der Waals surface area contributed by atoms with Gasteiger partial charge in [-0.1, -0.05) is 0 Å². The zero-order chi connectivity index (χ0) is 15.4. The van der Waals surface area contributed by atoms with E-state index in [2.05, 4.69) is 10.3 Å². The highest BCUT2D eigenvalue weighted by Crippen LogP contribution is 2.26. The summed E-state index contributed by atoms with van der Waals surface area (Å²) < 4.78 is 31.9. The van der Waals surface area contributed by atoms with Crippen molar-refractivity contribution in [2.75, 3.05) is 25.6 Å². The van der Waals surface area contributed by atoms with Crippen LogP contribution in [0.5, 0.6) is 0 Å². The van der Waals surface area contributed by atoms with Gasteiger partial charge < -0.3 is 15.2 Å². The fourth-order valence-electron chi connectivity index (χ4n) is 2.16. The van der Waals surface area contributed by atoms with Crippen molar-refractivity contribution >= 4 is 16.6 Å². The molecule has 6 heteroatoms. The summed E-state index contributed by atoms with van der Waals surface area (Å²) in [5, 5.41) is 13.2. The van der Waals surface area contributed by atoms with E-state index in [9.17, 15) is 13.9 Å². The predicted molar refractivity (Wildman–Crippen MR) is 77.4 cm³/mol. The first-order valence-electron chi connectivity index (χ1n) is 6.69. The third-order valence-corrected chi connectivity index (χ3v) is 3.15. The van der Waals surface area contributed by atoms with Gasteiger partial charge in [-0.2, -0.15) is 0 Å². The van der Waals surface area contributed by atoms with Crippen molar-refractivity contribution in [1.82, 2.24) is 4.98 Å². The molecule has 4 nitrogen and oxygen atoms in total. The van der Waals surface area contributed by atoms with Gasteiger partial charge in [0.2, 0.25) is 0 Å². The van der Waals surface area contributed by atoms with E-state index in [1.807, 2.05) is 0 Å². The fourth-order valence-corrected chi connectivity index (χ4v) is 2.16. The number of aliphatic hydroxyl groups is 1. The Labute approximate surface area is 121 Å². The van der Waals surface area contributed by atoms with Gasteiger partial charge in [0.15, 0.2) is 11.6 Å². The molecule has 2 rings (SSSR count). The lowest BCUT2D eigenvalue weighted by Crippen LogP contribution is -2.18. The molecule has 0 aliphatic carbocycles. The average molecular weight is 296 g/mol. The van der Waals surface area contributed by atoms with Crippen LogP contribution >= 0.6 is 0 Å². The topological polar surface area (TPSA) is 54.4 Å². The second-order valence-electron chi connectivity index (χ2n) is 4.89. The van der Waals surface area contributed by atoms with Crippen LogP contribution in [0, 0.1) is 18.6 Å². The van der Waals surface area contributed by atoms with Crippen LogP contribution in [0.25, 0.3) is 10.9 Å². The largest absolute Gasteiger partial charge is 0.391 e. The quantitative estimate of drug-likeness (QED) is 0.860. The molecule has 1 aromatic heterocycles. The van der Waals surface area contributed by atoms with E-state index in [0.29, 0.717) is 29.7 Å². The minimum Gasteiger partial charge on any atom is -0.391 e. The van der Waals surface area contributed by atoms with E-state index in [0.717, 1.165) is 6.07 Å². The number of aryl methyl sites for hydroxylation is 1. The molecule has 1 heterocycles. The summed E-state index contributed by atoms with van der Waals surface area (Å²) in [6, 6.07) is 4.34. The molecule has 0 amide bonds. The maximum atomic E-state index is 13.8. The van der Waals surface area contributed by atoms with E-state index in [4.69, 9.17) is 4.74 Å². The predicted octanol–water partition coefficient (Wildman–Crippen LogP) is 2.63. The summed E-state index contributed by atoms with van der Waals surface area (Å²) in [5.74, 6) is -1.86. The van der Waals surface area contributed by atoms with Crippen molar-refractivity contribution in [3.05, 3.63) is 35.5 Å². The minimum atomic E-state index is -0.946. The minimum absolute atomic E-state index is 0.00920. The zero-order valence-electron chi connectivity index (χ0n) is 12.0. The van der Waals surface area contributed by atoms with E-state index >= 15 is 0 Å². The molecule has 0 fully saturated rings. The number of ether oxygens (including phenoxy) is 1. The van der Waals surface area contributed by atoms with Crippen molar-refractivity contribution < 1.29 is 18.6 Å². The SMILES string of the molecule is COC[C@H](O)CCNc1cc(C)nc2c(F)c(F)ccc12. The molecule has 2 N–H and O–H groups in total. The van der Waals surface area contributed by atoms with Gasteiger partial charge in [0, 0.05) is 30.4 Å². The van der Waals surface area contributed by atoms with Gasteiger partial charge in [0.1, 0.15) is 5.52 Å². The summed E-state index contributed by atoms with van der Waals surface area (Å²) in [4.78, 5) is 4.04. The number of fused-ring (bicyclic) bond motifs is 1. The second kappa shape index (κ2) is 6.78. The third kappa shape index (κ3) is 3.65. The van der Waals surface area contributed by atoms with Crippen molar-refractivity contribution in [2.24, 2.45) is 0 Å². The van der Waals surface area contributed by atoms with Gasteiger partial charge in [0.25, 0.3) is 0 Å². The Morgan fingerprint density at radius 2 is 2.14 bits per heavy atom. The monoisotopic (exact) mass is 296 g/mol. The molecule has 0 aliphatic heterocycles. The van der Waals surface area contributed by atoms with Gasteiger partial charge in [-0.25, -0.2) is 13.8 Å². The van der Waals surface area contributed by atoms with Crippen LogP contribution in [0.4, 0.5) is 14.5 Å². The Morgan fingerprint density at radius 1 is 1.38 bits per heavy atom. The Balaban J connectivity index is 2.22. The molecule has 21 heavy (non-hydrogen) atoms. The van der Waals surface area contributed by atoms with Crippen molar-refractivity contribution in [3.63, 3.8) is 0 Å². The van der Waals surface area contributed by atoms with Crippen LogP contribution in [0.3, 0.4) is 0 Å². The number of aliphatic hydroxyl groups excluding tert-OH is 1. The molecule has 0 aliphatic rings. The normalized spacial score (nSPS) is 12.6. The number of aromatic nitrogens is 1. The summed E-state index contributed by atoms with van der Waals surface area (Å²) >= 11 is 0. The lowest BCUT2D eigenvalue weighted by molar-refractivity contribution is 0.0615. The van der Waals surface area contributed by atoms with Crippen LogP contribution in [0.2, 0.25) is 0 Å². The highest BCUT2D eigenvalue weighted by Gasteiger charge is 2.12. The third-order valence-electron chi connectivity index (χ3n) is 3.15. The van der Waals surface area contributed by atoms with Gasteiger partial charge in [-0.05, 0) is 31.5 Å². The van der Waals surface area contributed by atoms with Crippen molar-refractivity contribution in [2.45, 2.75) is 19.4 Å². The Hall–Kier alpha value is -1.79. The van der Waals surface area contributed by atoms with Crippen molar-refractivity contribution in [3.8, 4) is 0 Å². The van der Waals surface area contributed by atoms with Crippen molar-refractivity contribution in [1.29, 1.82) is 0 Å². The van der Waals surface area contributed by atoms with E-state index in [1.54, 1.807) is 13.0 Å². The molecule has 1 atom stereocenters. The summed E-state index contributed by atoms with van der Waals surface area (Å²) in [6.45, 7) is 2.47. The van der Waals surface area contributed by atoms with Crippen LogP contribution in [-0.4, -0.2) is 36.5 Å². The number of pyridine rings is 1. The molecule has 0 unspecified atom stereocenters. The number of hydrogen-bond acceptors (Lipinski definition) is 4. The van der Waals surface area contributed by atoms with Crippen LogP contribution < -0.4 is 5.32 Å². The maximum absolute atomic E-state index is 13.8. The molecule has 0 saturated carbocycles. The number of rotatable bonds is 6. The maximum Gasteiger partial charge on any atom is 0.185 e. The smallest absolute Gasteiger partial charge is 0.185 e. The van der Waals surface area contributed by atoms with Crippen LogP contribution in [0.15, 0.2) is 18.2 Å². The van der Waals surface area contributed by atoms with Gasteiger partial charge in [-0.3, -0.25) is 0 Å². The number of hydrogen-bond donors (Lipinski definition) is 2. The summed E-state index contributed by atoms with van der Waals surface area (Å²) in [7, 11) is 1.52. The number of nitrogens with zero attached hydrogens (tertiary/aromatic N) is 1. The zero-order valence-corrected chi connectivity index (χ0v) is 12.0. The highest BCUT2D eigenvalue weighted by atomic mass is 19.2. The Bertz CT molecular complexity index is 635. The first kappa shape index (κ1) is 15.6. The lowest BCUT2D eigenvalue weighted by Gasteiger charge is -2.13. The van der Waals surface area contributed by atoms with E-state index in [-0.39, 0.29) is 12.1 Å². The van der Waals surface area contributed by atoms with Gasteiger partial charge in [0.05, 0.1) is 12.7 Å². The number of halogens is 2. The second-order valence-corrected chi connectivity index (χ2v) is 4.89. The molecular weight excluding hydrogens is 278 g/mol. The van der Waals surface area contributed by atoms with Gasteiger partial charge >= 0.3 is 0 Å². The van der Waals surface area contributed by atoms with Crippen LogP contribution in [-0.2, 0) is 4.74 Å². The Morgan fingerprint density at radius 3 is 2.86 bits per heavy atom. The molecular formula is C15H18F2N2O2. The first-order chi connectivity index (χ1) is 10.0. The molecule has 0 radical (unpaired) electrons. The molecule has 0 spiro atoms. The molecule has 114 valence electrons. The molecule has 0 bridgehead atoms. The molecule has 1 aromatic carbocycles. The summed E-state index contributed by atoms with van der Waals surface area (Å²) in [6.07, 6.45) is -0.0775. The van der Waals surface area contributed by atoms with E-state index in [1.165, 1.54) is 13.2 Å². The van der Waals surface area contributed by atoms with E-state index < -0.39 is 17.7 Å². The van der Waals surface area contributed by atoms with Gasteiger partial charge in [-0.15, -0.1) is 0 Å².